The number of thiophene rings is 1. The lowest BCUT2D eigenvalue weighted by Crippen LogP contribution is -2.21. The number of carbonyl (C=O) groups excluding carboxylic acids is 1. The largest absolute Gasteiger partial charge is 0.482 e. The first kappa shape index (κ1) is 17.5. The van der Waals surface area contributed by atoms with Crippen LogP contribution in [0.2, 0.25) is 10.0 Å². The van der Waals surface area contributed by atoms with Crippen molar-refractivity contribution in [2.75, 3.05) is 11.9 Å². The molecule has 1 amide bonds. The molecule has 1 aliphatic rings. The van der Waals surface area contributed by atoms with Crippen LogP contribution in [0.1, 0.15) is 23.3 Å². The first-order valence-electron chi connectivity index (χ1n) is 8.25. The molecule has 1 aromatic carbocycles. The maximum absolute atomic E-state index is 12.3. The van der Waals surface area contributed by atoms with Crippen LogP contribution < -0.4 is 10.1 Å². The average molecular weight is 408 g/mol. The second kappa shape index (κ2) is 7.39. The number of aryl methyl sites for hydroxylation is 2. The van der Waals surface area contributed by atoms with Gasteiger partial charge in [-0.15, -0.1) is 11.3 Å². The molecule has 0 spiro atoms. The Morgan fingerprint density at radius 1 is 1.23 bits per heavy atom. The normalized spacial score (nSPS) is 13.5. The van der Waals surface area contributed by atoms with Crippen molar-refractivity contribution in [1.29, 1.82) is 0 Å². The molecule has 0 aliphatic heterocycles. The van der Waals surface area contributed by atoms with Crippen molar-refractivity contribution in [3.05, 3.63) is 45.0 Å². The van der Waals surface area contributed by atoms with Gasteiger partial charge in [-0.25, -0.2) is 9.97 Å². The van der Waals surface area contributed by atoms with Crippen LogP contribution in [-0.2, 0) is 17.6 Å². The quantitative estimate of drug-likeness (QED) is 0.668. The highest BCUT2D eigenvalue weighted by Gasteiger charge is 2.20. The number of hydrogen-bond acceptors (Lipinski definition) is 5. The fraction of sp³-hybridized carbons (Fsp3) is 0.278. The van der Waals surface area contributed by atoms with Crippen LogP contribution in [0, 0.1) is 0 Å². The number of halogens is 2. The SMILES string of the molecule is O=C(COc1ccc(Cl)cc1Cl)Nc1ncnc2sc3c(c12)CCCC3. The number of benzene rings is 1. The molecule has 0 radical (unpaired) electrons. The Kier molecular flexibility index (Phi) is 4.98. The van der Waals surface area contributed by atoms with E-state index in [2.05, 4.69) is 15.3 Å². The van der Waals surface area contributed by atoms with Crippen molar-refractivity contribution >= 4 is 56.5 Å². The highest BCUT2D eigenvalue weighted by molar-refractivity contribution is 7.19. The molecule has 2 aromatic heterocycles. The maximum Gasteiger partial charge on any atom is 0.263 e. The fourth-order valence-electron chi connectivity index (χ4n) is 3.09. The Balaban J connectivity index is 1.51. The zero-order chi connectivity index (χ0) is 18.1. The van der Waals surface area contributed by atoms with Crippen molar-refractivity contribution in [3.8, 4) is 5.75 Å². The first-order chi connectivity index (χ1) is 12.6. The lowest BCUT2D eigenvalue weighted by Gasteiger charge is -2.12. The van der Waals surface area contributed by atoms with Crippen LogP contribution in [0.3, 0.4) is 0 Å². The van der Waals surface area contributed by atoms with Crippen LogP contribution in [-0.4, -0.2) is 22.5 Å². The molecule has 134 valence electrons. The number of fused-ring (bicyclic) bond motifs is 3. The van der Waals surface area contributed by atoms with E-state index in [1.165, 1.54) is 23.2 Å². The lowest BCUT2D eigenvalue weighted by molar-refractivity contribution is -0.118. The summed E-state index contributed by atoms with van der Waals surface area (Å²) < 4.78 is 5.49. The van der Waals surface area contributed by atoms with E-state index in [1.54, 1.807) is 29.5 Å². The molecule has 1 aliphatic carbocycles. The molecule has 0 atom stereocenters. The minimum atomic E-state index is -0.299. The van der Waals surface area contributed by atoms with Gasteiger partial charge in [-0.05, 0) is 49.4 Å². The molecular weight excluding hydrogens is 393 g/mol. The molecule has 0 saturated heterocycles. The molecule has 5 nitrogen and oxygen atoms in total. The molecule has 0 saturated carbocycles. The van der Waals surface area contributed by atoms with Crippen LogP contribution >= 0.6 is 34.5 Å². The number of hydrogen-bond donors (Lipinski definition) is 1. The van der Waals surface area contributed by atoms with Gasteiger partial charge in [0.05, 0.1) is 10.4 Å². The Bertz CT molecular complexity index is 990. The van der Waals surface area contributed by atoms with Gasteiger partial charge in [0.1, 0.15) is 22.7 Å². The third-order valence-corrected chi connectivity index (χ3v) is 5.99. The second-order valence-corrected chi connectivity index (χ2v) is 7.95. The van der Waals surface area contributed by atoms with E-state index >= 15 is 0 Å². The molecule has 8 heteroatoms. The Morgan fingerprint density at radius 2 is 2.08 bits per heavy atom. The molecule has 0 fully saturated rings. The summed E-state index contributed by atoms with van der Waals surface area (Å²) in [6.07, 6.45) is 5.91. The van der Waals surface area contributed by atoms with Gasteiger partial charge < -0.3 is 10.1 Å². The van der Waals surface area contributed by atoms with Crippen LogP contribution in [0.25, 0.3) is 10.2 Å². The summed E-state index contributed by atoms with van der Waals surface area (Å²) in [7, 11) is 0. The van der Waals surface area contributed by atoms with E-state index in [0.29, 0.717) is 21.6 Å². The van der Waals surface area contributed by atoms with E-state index in [0.717, 1.165) is 29.5 Å². The summed E-state index contributed by atoms with van der Waals surface area (Å²) in [4.78, 5) is 23.2. The number of aromatic nitrogens is 2. The lowest BCUT2D eigenvalue weighted by atomic mass is 9.97. The zero-order valence-corrected chi connectivity index (χ0v) is 16.0. The van der Waals surface area contributed by atoms with Crippen LogP contribution in [0.5, 0.6) is 5.75 Å². The Labute approximate surface area is 164 Å². The van der Waals surface area contributed by atoms with E-state index in [1.807, 2.05) is 0 Å². The molecule has 0 unspecified atom stereocenters. The van der Waals surface area contributed by atoms with Crippen molar-refractivity contribution in [1.82, 2.24) is 9.97 Å². The number of carbonyl (C=O) groups is 1. The summed E-state index contributed by atoms with van der Waals surface area (Å²) in [6, 6.07) is 4.87. The number of ether oxygens (including phenoxy) is 1. The van der Waals surface area contributed by atoms with Crippen LogP contribution in [0.15, 0.2) is 24.5 Å². The number of rotatable bonds is 4. The summed E-state index contributed by atoms with van der Waals surface area (Å²) in [5.41, 5.74) is 1.27. The van der Waals surface area contributed by atoms with Crippen LogP contribution in [0.4, 0.5) is 5.82 Å². The van der Waals surface area contributed by atoms with Crippen molar-refractivity contribution < 1.29 is 9.53 Å². The number of amides is 1. The van der Waals surface area contributed by atoms with Gasteiger partial charge in [0.25, 0.3) is 5.91 Å². The van der Waals surface area contributed by atoms with Gasteiger partial charge in [0.2, 0.25) is 0 Å². The number of nitrogens with one attached hydrogen (secondary N) is 1. The maximum atomic E-state index is 12.3. The third kappa shape index (κ3) is 3.49. The van der Waals surface area contributed by atoms with Crippen molar-refractivity contribution in [2.24, 2.45) is 0 Å². The Hall–Kier alpha value is -1.89. The van der Waals surface area contributed by atoms with E-state index in [9.17, 15) is 4.79 Å². The topological polar surface area (TPSA) is 64.1 Å². The van der Waals surface area contributed by atoms with E-state index in [-0.39, 0.29) is 12.5 Å². The molecule has 2 heterocycles. The molecule has 4 rings (SSSR count). The molecule has 1 N–H and O–H groups in total. The van der Waals surface area contributed by atoms with Crippen molar-refractivity contribution in [3.63, 3.8) is 0 Å². The highest BCUT2D eigenvalue weighted by Crippen LogP contribution is 2.38. The summed E-state index contributed by atoms with van der Waals surface area (Å²) >= 11 is 13.6. The zero-order valence-electron chi connectivity index (χ0n) is 13.7. The third-order valence-electron chi connectivity index (χ3n) is 4.26. The molecule has 3 aromatic rings. The molecule has 26 heavy (non-hydrogen) atoms. The molecule has 0 bridgehead atoms. The van der Waals surface area contributed by atoms with Gasteiger partial charge in [-0.1, -0.05) is 23.2 Å². The van der Waals surface area contributed by atoms with Gasteiger partial charge in [0, 0.05) is 9.90 Å². The van der Waals surface area contributed by atoms with Gasteiger partial charge >= 0.3 is 0 Å². The standard InChI is InChI=1S/C18H15Cl2N3O2S/c19-10-5-6-13(12(20)7-10)25-8-15(24)23-17-16-11-3-1-2-4-14(11)26-18(16)22-9-21-17/h5-7,9H,1-4,8H2,(H,21,22,23,24). The van der Waals surface area contributed by atoms with E-state index in [4.69, 9.17) is 27.9 Å². The summed E-state index contributed by atoms with van der Waals surface area (Å²) in [5.74, 6) is 0.656. The highest BCUT2D eigenvalue weighted by atomic mass is 35.5. The van der Waals surface area contributed by atoms with Gasteiger partial charge in [0.15, 0.2) is 6.61 Å². The second-order valence-electron chi connectivity index (χ2n) is 6.02. The predicted octanol–water partition coefficient (Wildman–Crippen LogP) is 4.89. The number of nitrogens with zero attached hydrogens (tertiary/aromatic N) is 2. The van der Waals surface area contributed by atoms with Gasteiger partial charge in [-0.2, -0.15) is 0 Å². The number of anilines is 1. The summed E-state index contributed by atoms with van der Waals surface area (Å²) in [6.45, 7) is -0.167. The van der Waals surface area contributed by atoms with E-state index < -0.39 is 0 Å². The summed E-state index contributed by atoms with van der Waals surface area (Å²) in [5, 5.41) is 4.68. The Morgan fingerprint density at radius 3 is 2.92 bits per heavy atom. The average Bonchev–Trinajstić information content (AvgIpc) is 3.00. The monoisotopic (exact) mass is 407 g/mol. The van der Waals surface area contributed by atoms with Gasteiger partial charge in [-0.3, -0.25) is 4.79 Å². The first-order valence-corrected chi connectivity index (χ1v) is 9.82. The molecular formula is C18H15Cl2N3O2S. The predicted molar refractivity (Wildman–Crippen MR) is 105 cm³/mol. The minimum Gasteiger partial charge on any atom is -0.482 e. The smallest absolute Gasteiger partial charge is 0.263 e. The fourth-order valence-corrected chi connectivity index (χ4v) is 4.78. The van der Waals surface area contributed by atoms with Crippen molar-refractivity contribution in [2.45, 2.75) is 25.7 Å². The minimum absolute atomic E-state index is 0.167.